The molecule has 1 aliphatic rings. The third-order valence-corrected chi connectivity index (χ3v) is 8.44. The summed E-state index contributed by atoms with van der Waals surface area (Å²) in [7, 11) is 0. The SMILES string of the molecule is C=CCCCCS[C@H]1O[C@H](C(N[S+]([O-])C(C)(C)C)C(C)C=C)[C@H](OC(C)=O)[C@H](OC(C)=O)[C@H]1OC(C)=O. The third kappa shape index (κ3) is 11.0. The highest BCUT2D eigenvalue weighted by Gasteiger charge is 2.55. The summed E-state index contributed by atoms with van der Waals surface area (Å²) in [5, 5.41) is 0. The number of thioether (sulfide) groups is 1. The van der Waals surface area contributed by atoms with Gasteiger partial charge in [-0.15, -0.1) is 29.6 Å². The van der Waals surface area contributed by atoms with E-state index in [-0.39, 0.29) is 5.92 Å². The highest BCUT2D eigenvalue weighted by molar-refractivity contribution is 7.99. The molecular weight excluding hydrogens is 518 g/mol. The zero-order valence-corrected chi connectivity index (χ0v) is 24.7. The maximum absolute atomic E-state index is 13.1. The highest BCUT2D eigenvalue weighted by atomic mass is 32.2. The summed E-state index contributed by atoms with van der Waals surface area (Å²) in [4.78, 5) is 36.4. The molecule has 0 amide bonds. The first kappa shape index (κ1) is 33.5. The van der Waals surface area contributed by atoms with Gasteiger partial charge in [0.15, 0.2) is 18.3 Å². The Morgan fingerprint density at radius 1 is 1.03 bits per heavy atom. The maximum atomic E-state index is 13.1. The molecule has 0 bridgehead atoms. The monoisotopic (exact) mass is 561 g/mol. The van der Waals surface area contributed by atoms with Crippen molar-refractivity contribution in [3.63, 3.8) is 0 Å². The molecule has 0 aromatic carbocycles. The van der Waals surface area contributed by atoms with Crippen LogP contribution in [0.1, 0.15) is 67.7 Å². The summed E-state index contributed by atoms with van der Waals surface area (Å²) in [6.45, 7) is 18.7. The van der Waals surface area contributed by atoms with Crippen molar-refractivity contribution in [1.29, 1.82) is 0 Å². The molecule has 0 aliphatic carbocycles. The van der Waals surface area contributed by atoms with E-state index in [0.717, 1.165) is 19.3 Å². The predicted octanol–water partition coefficient (Wildman–Crippen LogP) is 3.84. The number of rotatable bonds is 14. The standard InChI is InChI=1S/C26H43NO8S2/c1-10-12-13-14-15-36-25-24(34-19(6)30)23(33-18(5)29)22(32-17(4)28)21(35-25)20(16(3)11-2)27-37(31)26(7,8)9/h10-11,16,20-25,27H,1-2,12-15H2,3-9H3/t16?,20?,21-,22+,23+,24-,25-,37?/m1/s1. The van der Waals surface area contributed by atoms with Crippen LogP contribution in [-0.4, -0.2) is 68.9 Å². The average molecular weight is 562 g/mol. The van der Waals surface area contributed by atoms with E-state index in [0.29, 0.717) is 5.75 Å². The van der Waals surface area contributed by atoms with Crippen LogP contribution >= 0.6 is 11.8 Å². The van der Waals surface area contributed by atoms with Gasteiger partial charge < -0.3 is 23.5 Å². The molecule has 8 atom stereocenters. The number of nitrogens with one attached hydrogen (secondary N) is 1. The maximum Gasteiger partial charge on any atom is 0.303 e. The van der Waals surface area contributed by atoms with Crippen LogP contribution in [0.15, 0.2) is 25.3 Å². The van der Waals surface area contributed by atoms with Gasteiger partial charge in [-0.1, -0.05) is 19.1 Å². The largest absolute Gasteiger partial charge is 0.598 e. The van der Waals surface area contributed by atoms with Crippen molar-refractivity contribution in [1.82, 2.24) is 4.72 Å². The van der Waals surface area contributed by atoms with E-state index in [2.05, 4.69) is 17.9 Å². The van der Waals surface area contributed by atoms with Gasteiger partial charge in [-0.05, 0) is 51.7 Å². The Morgan fingerprint density at radius 2 is 1.57 bits per heavy atom. The second kappa shape index (κ2) is 15.8. The Kier molecular flexibility index (Phi) is 14.3. The number of allylic oxidation sites excluding steroid dienone is 1. The van der Waals surface area contributed by atoms with E-state index in [1.807, 2.05) is 33.8 Å². The van der Waals surface area contributed by atoms with E-state index in [4.69, 9.17) is 18.9 Å². The van der Waals surface area contributed by atoms with Crippen molar-refractivity contribution in [2.24, 2.45) is 5.92 Å². The van der Waals surface area contributed by atoms with Gasteiger partial charge >= 0.3 is 17.9 Å². The van der Waals surface area contributed by atoms with Crippen molar-refractivity contribution in [2.45, 2.75) is 108 Å². The number of ether oxygens (including phenoxy) is 4. The molecule has 0 aromatic heterocycles. The van der Waals surface area contributed by atoms with Crippen molar-refractivity contribution in [3.05, 3.63) is 25.3 Å². The molecule has 37 heavy (non-hydrogen) atoms. The number of hydrogen-bond acceptors (Lipinski definition) is 10. The second-order valence-electron chi connectivity index (χ2n) is 9.97. The lowest BCUT2D eigenvalue weighted by Gasteiger charge is -2.47. The van der Waals surface area contributed by atoms with E-state index in [1.54, 1.807) is 6.08 Å². The van der Waals surface area contributed by atoms with Crippen LogP contribution in [0, 0.1) is 5.92 Å². The van der Waals surface area contributed by atoms with Gasteiger partial charge in [0.2, 0.25) is 0 Å². The molecule has 3 unspecified atom stereocenters. The van der Waals surface area contributed by atoms with Crippen LogP contribution in [0.25, 0.3) is 0 Å². The number of hydrogen-bond donors (Lipinski definition) is 1. The first-order valence-corrected chi connectivity index (χ1v) is 14.6. The first-order valence-electron chi connectivity index (χ1n) is 12.4. The van der Waals surface area contributed by atoms with Gasteiger partial charge in [0, 0.05) is 32.1 Å². The third-order valence-electron chi connectivity index (χ3n) is 5.61. The van der Waals surface area contributed by atoms with Crippen LogP contribution in [0.5, 0.6) is 0 Å². The highest BCUT2D eigenvalue weighted by Crippen LogP contribution is 2.37. The van der Waals surface area contributed by atoms with Gasteiger partial charge in [0.1, 0.15) is 16.3 Å². The lowest BCUT2D eigenvalue weighted by atomic mass is 9.88. The Labute approximate surface area is 228 Å². The Balaban J connectivity index is 3.54. The topological polar surface area (TPSA) is 123 Å². The van der Waals surface area contributed by atoms with Crippen molar-refractivity contribution in [3.8, 4) is 0 Å². The van der Waals surface area contributed by atoms with Crippen LogP contribution in [0.4, 0.5) is 0 Å². The van der Waals surface area contributed by atoms with Gasteiger partial charge in [-0.3, -0.25) is 14.4 Å². The molecule has 0 radical (unpaired) electrons. The van der Waals surface area contributed by atoms with Crippen molar-refractivity contribution in [2.75, 3.05) is 5.75 Å². The predicted molar refractivity (Wildman–Crippen MR) is 146 cm³/mol. The molecule has 9 nitrogen and oxygen atoms in total. The van der Waals surface area contributed by atoms with Crippen LogP contribution in [0.2, 0.25) is 0 Å². The molecular formula is C26H43NO8S2. The first-order chi connectivity index (χ1) is 17.2. The second-order valence-corrected chi connectivity index (χ2v) is 13.2. The molecule has 1 saturated heterocycles. The molecule has 1 fully saturated rings. The summed E-state index contributed by atoms with van der Waals surface area (Å²) in [5.41, 5.74) is -0.738. The molecule has 212 valence electrons. The minimum Gasteiger partial charge on any atom is -0.598 e. The van der Waals surface area contributed by atoms with E-state index in [9.17, 15) is 18.9 Å². The lowest BCUT2D eigenvalue weighted by Crippen LogP contribution is -2.66. The van der Waals surface area contributed by atoms with Gasteiger partial charge in [-0.25, -0.2) is 0 Å². The number of esters is 3. The van der Waals surface area contributed by atoms with Gasteiger partial charge in [0.05, 0.1) is 6.04 Å². The molecule has 1 N–H and O–H groups in total. The molecule has 1 rings (SSSR count). The molecule has 11 heteroatoms. The Morgan fingerprint density at radius 3 is 2.05 bits per heavy atom. The lowest BCUT2D eigenvalue weighted by molar-refractivity contribution is -0.236. The Bertz CT molecular complexity index is 787. The minimum absolute atomic E-state index is 0.282. The number of unbranched alkanes of at least 4 members (excludes halogenated alkanes) is 2. The molecule has 0 spiro atoms. The van der Waals surface area contributed by atoms with Gasteiger partial charge in [-0.2, -0.15) is 0 Å². The summed E-state index contributed by atoms with van der Waals surface area (Å²) in [6, 6.07) is -0.637. The summed E-state index contributed by atoms with van der Waals surface area (Å²) < 4.78 is 39.0. The Hall–Kier alpha value is -1.53. The summed E-state index contributed by atoms with van der Waals surface area (Å²) in [6.07, 6.45) is 1.98. The summed E-state index contributed by atoms with van der Waals surface area (Å²) >= 11 is -0.0871. The quantitative estimate of drug-likeness (QED) is 0.110. The molecule has 1 aliphatic heterocycles. The van der Waals surface area contributed by atoms with Gasteiger partial charge in [0.25, 0.3) is 0 Å². The molecule has 0 saturated carbocycles. The van der Waals surface area contributed by atoms with E-state index < -0.39 is 69.9 Å². The zero-order valence-electron chi connectivity index (χ0n) is 23.0. The average Bonchev–Trinajstić information content (AvgIpc) is 2.78. The van der Waals surface area contributed by atoms with E-state index >= 15 is 0 Å². The van der Waals surface area contributed by atoms with Crippen LogP contribution in [0.3, 0.4) is 0 Å². The fraction of sp³-hybridized carbons (Fsp3) is 0.731. The summed E-state index contributed by atoms with van der Waals surface area (Å²) in [5.74, 6) is -1.46. The fourth-order valence-electron chi connectivity index (χ4n) is 3.74. The van der Waals surface area contributed by atoms with Crippen LogP contribution in [-0.2, 0) is 44.7 Å². The number of carbonyl (C=O) groups is 3. The van der Waals surface area contributed by atoms with Crippen molar-refractivity contribution >= 4 is 41.0 Å². The minimum atomic E-state index is -1.51. The van der Waals surface area contributed by atoms with Crippen LogP contribution < -0.4 is 4.72 Å². The fourth-order valence-corrected chi connectivity index (χ4v) is 5.90. The van der Waals surface area contributed by atoms with E-state index in [1.165, 1.54) is 32.5 Å². The molecule has 1 heterocycles. The molecule has 0 aromatic rings. The smallest absolute Gasteiger partial charge is 0.303 e. The normalized spacial score (nSPS) is 26.3. The zero-order chi connectivity index (χ0) is 28.3. The van der Waals surface area contributed by atoms with Crippen molar-refractivity contribution < 1.29 is 37.9 Å². The number of carbonyl (C=O) groups excluding carboxylic acids is 3.